The molecule has 0 spiro atoms. The molecule has 4 rings (SSSR count). The van der Waals surface area contributed by atoms with Crippen LogP contribution < -0.4 is 10.6 Å². The number of carbonyl (C=O) groups excluding carboxylic acids is 2. The topological polar surface area (TPSA) is 105 Å². The number of hydrogen-bond acceptors (Lipinski definition) is 4. The molecule has 7 nitrogen and oxygen atoms in total. The highest BCUT2D eigenvalue weighted by molar-refractivity contribution is 6.00. The number of carbonyl (C=O) groups is 3. The van der Waals surface area contributed by atoms with Crippen LogP contribution in [-0.2, 0) is 16.0 Å². The summed E-state index contributed by atoms with van der Waals surface area (Å²) in [5.74, 6) is -1.56. The Hall–Kier alpha value is -4.13. The maximum absolute atomic E-state index is 12.5. The molecule has 35 heavy (non-hydrogen) atoms. The van der Waals surface area contributed by atoms with Gasteiger partial charge in [0.15, 0.2) is 0 Å². The summed E-state index contributed by atoms with van der Waals surface area (Å²) in [5, 5.41) is 14.8. The number of nitrogens with one attached hydrogen (secondary N) is 2. The van der Waals surface area contributed by atoms with Crippen LogP contribution in [0.25, 0.3) is 11.1 Å². The van der Waals surface area contributed by atoms with E-state index in [0.717, 1.165) is 27.8 Å². The molecule has 7 heteroatoms. The first kappa shape index (κ1) is 24.0. The Morgan fingerprint density at radius 3 is 2.20 bits per heavy atom. The maximum atomic E-state index is 12.5. The van der Waals surface area contributed by atoms with Gasteiger partial charge in [-0.3, -0.25) is 4.79 Å². The molecule has 0 saturated carbocycles. The molecule has 0 saturated heterocycles. The van der Waals surface area contributed by atoms with E-state index in [9.17, 15) is 19.5 Å². The van der Waals surface area contributed by atoms with Gasteiger partial charge in [-0.1, -0.05) is 61.5 Å². The summed E-state index contributed by atoms with van der Waals surface area (Å²) in [4.78, 5) is 36.5. The molecule has 3 N–H and O–H groups in total. The Labute approximate surface area is 204 Å². The quantitative estimate of drug-likeness (QED) is 0.418. The average Bonchev–Trinajstić information content (AvgIpc) is 3.16. The number of alkyl carbamates (subject to hydrolysis) is 1. The fourth-order valence-corrected chi connectivity index (χ4v) is 4.47. The lowest BCUT2D eigenvalue weighted by Gasteiger charge is -2.17. The number of benzene rings is 3. The summed E-state index contributed by atoms with van der Waals surface area (Å²) >= 11 is 0. The molecule has 0 fully saturated rings. The molecule has 0 bridgehead atoms. The van der Waals surface area contributed by atoms with Crippen molar-refractivity contribution in [3.05, 3.63) is 89.0 Å². The van der Waals surface area contributed by atoms with E-state index in [1.54, 1.807) is 25.1 Å². The lowest BCUT2D eigenvalue weighted by molar-refractivity contribution is -0.116. The molecule has 0 heterocycles. The van der Waals surface area contributed by atoms with Crippen LogP contribution in [0.1, 0.15) is 53.2 Å². The van der Waals surface area contributed by atoms with Gasteiger partial charge >= 0.3 is 12.1 Å². The summed E-state index contributed by atoms with van der Waals surface area (Å²) in [7, 11) is 0. The fourth-order valence-electron chi connectivity index (χ4n) is 4.47. The maximum Gasteiger partial charge on any atom is 0.407 e. The second-order valence-corrected chi connectivity index (χ2v) is 8.66. The number of hydrogen-bond donors (Lipinski definition) is 3. The number of aryl methyl sites for hydroxylation is 1. The third kappa shape index (κ3) is 5.35. The minimum atomic E-state index is -1.11. The van der Waals surface area contributed by atoms with Crippen molar-refractivity contribution in [3.8, 4) is 11.1 Å². The second kappa shape index (κ2) is 10.4. The number of rotatable bonds is 8. The summed E-state index contributed by atoms with van der Waals surface area (Å²) in [5.41, 5.74) is 5.67. The largest absolute Gasteiger partial charge is 0.478 e. The molecule has 0 aliphatic heterocycles. The zero-order valence-electron chi connectivity index (χ0n) is 19.7. The number of anilines is 1. The normalized spacial score (nSPS) is 12.9. The number of ether oxygens (including phenoxy) is 1. The van der Waals surface area contributed by atoms with Gasteiger partial charge in [-0.2, -0.15) is 0 Å². The SMILES string of the molecule is CCc1ccc(NC(=O)C[C@@H](C)NC(=O)OCC2c3ccccc3-c3ccccc32)c(C(=O)O)c1. The fraction of sp³-hybridized carbons (Fsp3) is 0.250. The third-order valence-electron chi connectivity index (χ3n) is 6.20. The highest BCUT2D eigenvalue weighted by atomic mass is 16.5. The molecule has 0 aromatic heterocycles. The Kier molecular flexibility index (Phi) is 7.15. The van der Waals surface area contributed by atoms with Gasteiger partial charge in [-0.25, -0.2) is 9.59 Å². The first-order chi connectivity index (χ1) is 16.9. The van der Waals surface area contributed by atoms with Crippen LogP contribution in [0.3, 0.4) is 0 Å². The highest BCUT2D eigenvalue weighted by Crippen LogP contribution is 2.44. The minimum absolute atomic E-state index is 0.0290. The van der Waals surface area contributed by atoms with Crippen LogP contribution in [0.15, 0.2) is 66.7 Å². The Balaban J connectivity index is 1.32. The molecule has 1 atom stereocenters. The van der Waals surface area contributed by atoms with Gasteiger partial charge in [0.1, 0.15) is 6.61 Å². The summed E-state index contributed by atoms with van der Waals surface area (Å²) in [6.45, 7) is 3.81. The predicted molar refractivity (Wildman–Crippen MR) is 134 cm³/mol. The molecule has 180 valence electrons. The van der Waals surface area contributed by atoms with E-state index in [0.29, 0.717) is 6.42 Å². The van der Waals surface area contributed by atoms with Crippen LogP contribution in [0.5, 0.6) is 0 Å². The van der Waals surface area contributed by atoms with Gasteiger partial charge in [0.25, 0.3) is 0 Å². The third-order valence-corrected chi connectivity index (χ3v) is 6.20. The average molecular weight is 473 g/mol. The van der Waals surface area contributed by atoms with Crippen LogP contribution in [0.2, 0.25) is 0 Å². The first-order valence-electron chi connectivity index (χ1n) is 11.6. The zero-order valence-corrected chi connectivity index (χ0v) is 19.7. The molecular weight excluding hydrogens is 444 g/mol. The van der Waals surface area contributed by atoms with E-state index < -0.39 is 24.0 Å². The smallest absolute Gasteiger partial charge is 0.407 e. The van der Waals surface area contributed by atoms with Crippen molar-refractivity contribution in [2.75, 3.05) is 11.9 Å². The number of aromatic carboxylic acids is 1. The van der Waals surface area contributed by atoms with Gasteiger partial charge in [-0.05, 0) is 53.3 Å². The lowest BCUT2D eigenvalue weighted by Crippen LogP contribution is -2.36. The molecule has 1 aliphatic carbocycles. The number of carboxylic acid groups (broad SMARTS) is 1. The van der Waals surface area contributed by atoms with Gasteiger partial charge in [-0.15, -0.1) is 0 Å². The van der Waals surface area contributed by atoms with Crippen molar-refractivity contribution in [2.24, 2.45) is 0 Å². The van der Waals surface area contributed by atoms with Crippen molar-refractivity contribution < 1.29 is 24.2 Å². The second-order valence-electron chi connectivity index (χ2n) is 8.66. The van der Waals surface area contributed by atoms with Crippen molar-refractivity contribution >= 4 is 23.7 Å². The standard InChI is InChI=1S/C28H28N2O5/c1-3-18-12-13-25(23(15-18)27(32)33)30-26(31)14-17(2)29-28(34)35-16-24-21-10-6-4-8-19(21)20-9-5-7-11-22(20)24/h4-13,15,17,24H,3,14,16H2,1-2H3,(H,29,34)(H,30,31)(H,32,33)/t17-/m1/s1. The molecule has 0 radical (unpaired) electrons. The molecule has 2 amide bonds. The van der Waals surface area contributed by atoms with E-state index in [-0.39, 0.29) is 30.2 Å². The number of fused-ring (bicyclic) bond motifs is 3. The van der Waals surface area contributed by atoms with Crippen molar-refractivity contribution in [2.45, 2.75) is 38.6 Å². The summed E-state index contributed by atoms with van der Waals surface area (Å²) in [6, 6.07) is 20.6. The molecule has 3 aromatic carbocycles. The number of carboxylic acids is 1. The van der Waals surface area contributed by atoms with Crippen molar-refractivity contribution in [1.29, 1.82) is 0 Å². The van der Waals surface area contributed by atoms with Gasteiger partial charge < -0.3 is 20.5 Å². The van der Waals surface area contributed by atoms with Crippen LogP contribution in [-0.4, -0.2) is 35.7 Å². The summed E-state index contributed by atoms with van der Waals surface area (Å²) < 4.78 is 5.53. The highest BCUT2D eigenvalue weighted by Gasteiger charge is 2.29. The van der Waals surface area contributed by atoms with Crippen LogP contribution >= 0.6 is 0 Å². The Bertz CT molecular complexity index is 1220. The van der Waals surface area contributed by atoms with Gasteiger partial charge in [0.2, 0.25) is 5.91 Å². The number of amides is 2. The zero-order chi connectivity index (χ0) is 24.9. The van der Waals surface area contributed by atoms with E-state index in [2.05, 4.69) is 22.8 Å². The monoisotopic (exact) mass is 472 g/mol. The van der Waals surface area contributed by atoms with E-state index in [1.807, 2.05) is 43.3 Å². The van der Waals surface area contributed by atoms with E-state index >= 15 is 0 Å². The molecular formula is C28H28N2O5. The molecule has 0 unspecified atom stereocenters. The van der Waals surface area contributed by atoms with Crippen LogP contribution in [0.4, 0.5) is 10.5 Å². The molecule has 3 aromatic rings. The van der Waals surface area contributed by atoms with Gasteiger partial charge in [0, 0.05) is 18.4 Å². The first-order valence-corrected chi connectivity index (χ1v) is 11.6. The Morgan fingerprint density at radius 2 is 1.60 bits per heavy atom. The van der Waals surface area contributed by atoms with E-state index in [1.165, 1.54) is 0 Å². The van der Waals surface area contributed by atoms with Crippen molar-refractivity contribution in [3.63, 3.8) is 0 Å². The van der Waals surface area contributed by atoms with Crippen LogP contribution in [0, 0.1) is 0 Å². The van der Waals surface area contributed by atoms with E-state index in [4.69, 9.17) is 4.74 Å². The lowest BCUT2D eigenvalue weighted by atomic mass is 9.98. The Morgan fingerprint density at radius 1 is 0.971 bits per heavy atom. The summed E-state index contributed by atoms with van der Waals surface area (Å²) in [6.07, 6.45) is 0.0552. The molecule has 1 aliphatic rings. The van der Waals surface area contributed by atoms with Crippen molar-refractivity contribution in [1.82, 2.24) is 5.32 Å². The van der Waals surface area contributed by atoms with Gasteiger partial charge in [0.05, 0.1) is 11.3 Å². The predicted octanol–water partition coefficient (Wildman–Crippen LogP) is 5.20. The minimum Gasteiger partial charge on any atom is -0.478 e.